The van der Waals surface area contributed by atoms with Gasteiger partial charge in [0, 0.05) is 0 Å². The summed E-state index contributed by atoms with van der Waals surface area (Å²) in [5.74, 6) is 0. The van der Waals surface area contributed by atoms with Crippen LogP contribution in [0.5, 0.6) is 0 Å². The number of hydrogen-bond donors (Lipinski definition) is 0. The van der Waals surface area contributed by atoms with Crippen molar-refractivity contribution < 1.29 is 6.85 Å². The molecule has 0 heteroatoms. The van der Waals surface area contributed by atoms with Gasteiger partial charge in [0.25, 0.3) is 0 Å². The van der Waals surface area contributed by atoms with Crippen molar-refractivity contribution in [2.75, 3.05) is 0 Å². The topological polar surface area (TPSA) is 0 Å². The van der Waals surface area contributed by atoms with Crippen LogP contribution in [0.1, 0.15) is 31.7 Å². The molecular formula is C11H12. The van der Waals surface area contributed by atoms with E-state index in [4.69, 9.17) is 6.85 Å². The summed E-state index contributed by atoms with van der Waals surface area (Å²) in [5, 5.41) is 0. The van der Waals surface area contributed by atoms with Crippen molar-refractivity contribution in [3.63, 3.8) is 0 Å². The van der Waals surface area contributed by atoms with Gasteiger partial charge < -0.3 is 0 Å². The molecule has 0 saturated heterocycles. The van der Waals surface area contributed by atoms with Crippen molar-refractivity contribution in [2.24, 2.45) is 0 Å². The van der Waals surface area contributed by atoms with Gasteiger partial charge in [0.05, 0.1) is 6.85 Å². The maximum absolute atomic E-state index is 7.71. The third-order valence-corrected chi connectivity index (χ3v) is 1.86. The molecule has 1 saturated carbocycles. The SMILES string of the molecule is [2H]c1c([2H])c([2H])c(C=C2CCC2)c([2H])c1[2H]. The van der Waals surface area contributed by atoms with Crippen LogP contribution in [0.3, 0.4) is 0 Å². The molecule has 1 aliphatic rings. The quantitative estimate of drug-likeness (QED) is 0.575. The van der Waals surface area contributed by atoms with Crippen LogP contribution in [-0.2, 0) is 0 Å². The lowest BCUT2D eigenvalue weighted by Crippen LogP contribution is -1.95. The average Bonchev–Trinajstić information content (AvgIpc) is 2.21. The number of allylic oxidation sites excluding steroid dienone is 1. The molecule has 1 aromatic carbocycles. The minimum atomic E-state index is -0.328. The first-order valence-corrected chi connectivity index (χ1v) is 3.78. The highest BCUT2D eigenvalue weighted by Crippen LogP contribution is 2.27. The molecule has 1 aliphatic carbocycles. The molecule has 0 nitrogen and oxygen atoms in total. The molecule has 0 radical (unpaired) electrons. The van der Waals surface area contributed by atoms with Gasteiger partial charge in [0.2, 0.25) is 0 Å². The molecule has 0 N–H and O–H groups in total. The predicted octanol–water partition coefficient (Wildman–Crippen LogP) is 3.25. The molecule has 0 aromatic heterocycles. The van der Waals surface area contributed by atoms with Crippen LogP contribution in [0.25, 0.3) is 6.08 Å². The van der Waals surface area contributed by atoms with E-state index in [1.165, 1.54) is 5.57 Å². The van der Waals surface area contributed by atoms with Crippen LogP contribution >= 0.6 is 0 Å². The molecule has 0 aliphatic heterocycles. The maximum Gasteiger partial charge on any atom is 0.0629 e. The average molecular weight is 149 g/mol. The minimum absolute atomic E-state index is 0.106. The molecule has 0 atom stereocenters. The third-order valence-electron chi connectivity index (χ3n) is 1.86. The van der Waals surface area contributed by atoms with Crippen molar-refractivity contribution in [1.29, 1.82) is 0 Å². The highest BCUT2D eigenvalue weighted by molar-refractivity contribution is 5.53. The zero-order valence-corrected chi connectivity index (χ0v) is 6.20. The molecule has 2 rings (SSSR count). The van der Waals surface area contributed by atoms with Crippen LogP contribution in [0.15, 0.2) is 35.8 Å². The number of benzene rings is 1. The van der Waals surface area contributed by atoms with Gasteiger partial charge in [0.15, 0.2) is 0 Å². The van der Waals surface area contributed by atoms with E-state index in [1.807, 2.05) is 0 Å². The van der Waals surface area contributed by atoms with Gasteiger partial charge in [-0.25, -0.2) is 0 Å². The Hall–Kier alpha value is -1.04. The summed E-state index contributed by atoms with van der Waals surface area (Å²) in [7, 11) is 0. The Kier molecular flexibility index (Phi) is 0.831. The first-order chi connectivity index (χ1) is 7.52. The van der Waals surface area contributed by atoms with Crippen LogP contribution in [0.2, 0.25) is 0 Å². The van der Waals surface area contributed by atoms with E-state index in [0.29, 0.717) is 5.56 Å². The second-order valence-electron chi connectivity index (χ2n) is 2.69. The van der Waals surface area contributed by atoms with E-state index in [-0.39, 0.29) is 30.2 Å². The molecule has 56 valence electrons. The van der Waals surface area contributed by atoms with Gasteiger partial charge >= 0.3 is 0 Å². The minimum Gasteiger partial charge on any atom is -0.0696 e. The largest absolute Gasteiger partial charge is 0.0696 e. The van der Waals surface area contributed by atoms with Crippen molar-refractivity contribution in [1.82, 2.24) is 0 Å². The van der Waals surface area contributed by atoms with Crippen LogP contribution in [0.4, 0.5) is 0 Å². The molecule has 0 spiro atoms. The molecule has 11 heavy (non-hydrogen) atoms. The summed E-state index contributed by atoms with van der Waals surface area (Å²) in [6.07, 6.45) is 4.82. The van der Waals surface area contributed by atoms with Crippen molar-refractivity contribution in [3.05, 3.63) is 41.3 Å². The summed E-state index contributed by atoms with van der Waals surface area (Å²) in [6.45, 7) is 0. The summed E-state index contributed by atoms with van der Waals surface area (Å²) in [6, 6.07) is -1.05. The summed E-state index contributed by atoms with van der Waals surface area (Å²) in [4.78, 5) is 0. The number of hydrogen-bond acceptors (Lipinski definition) is 0. The Morgan fingerprint density at radius 2 is 1.91 bits per heavy atom. The van der Waals surface area contributed by atoms with Gasteiger partial charge in [-0.2, -0.15) is 0 Å². The summed E-state index contributed by atoms with van der Waals surface area (Å²) < 4.78 is 37.9. The molecule has 0 amide bonds. The lowest BCUT2D eigenvalue weighted by molar-refractivity contribution is 0.670. The Balaban J connectivity index is 2.60. The third kappa shape index (κ3) is 1.51. The standard InChI is InChI=1S/C11H12/c1-2-5-10(6-3-1)9-11-7-4-8-11/h1-3,5-6,9H,4,7-8H2/i1D,2D,3D,5D,6D. The van der Waals surface area contributed by atoms with E-state index in [0.717, 1.165) is 19.3 Å². The summed E-state index contributed by atoms with van der Waals surface area (Å²) in [5.41, 5.74) is 1.49. The van der Waals surface area contributed by atoms with Crippen molar-refractivity contribution in [3.8, 4) is 0 Å². The fourth-order valence-electron chi connectivity index (χ4n) is 1.06. The first kappa shape index (κ1) is 3.14. The molecular weight excluding hydrogens is 132 g/mol. The van der Waals surface area contributed by atoms with Gasteiger partial charge in [-0.05, 0) is 24.8 Å². The van der Waals surface area contributed by atoms with E-state index < -0.39 is 0 Å². The smallest absolute Gasteiger partial charge is 0.0629 e. The second-order valence-corrected chi connectivity index (χ2v) is 2.69. The second kappa shape index (κ2) is 2.91. The lowest BCUT2D eigenvalue weighted by atomic mass is 9.91. The zero-order chi connectivity index (χ0) is 11.9. The Bertz CT molecular complexity index is 441. The lowest BCUT2D eigenvalue weighted by Gasteiger charge is -2.15. The highest BCUT2D eigenvalue weighted by atomic mass is 14.1. The Morgan fingerprint density at radius 3 is 2.45 bits per heavy atom. The van der Waals surface area contributed by atoms with E-state index >= 15 is 0 Å². The molecule has 1 aromatic rings. The Morgan fingerprint density at radius 1 is 1.18 bits per heavy atom. The molecule has 0 unspecified atom stereocenters. The highest BCUT2D eigenvalue weighted by Gasteiger charge is 2.06. The number of rotatable bonds is 1. The van der Waals surface area contributed by atoms with Crippen LogP contribution in [0, 0.1) is 0 Å². The van der Waals surface area contributed by atoms with Gasteiger partial charge in [-0.1, -0.05) is 41.9 Å². The fraction of sp³-hybridized carbons (Fsp3) is 0.273. The Labute approximate surface area is 74.6 Å². The molecule has 1 fully saturated rings. The van der Waals surface area contributed by atoms with Gasteiger partial charge in [-0.3, -0.25) is 0 Å². The molecule has 0 bridgehead atoms. The van der Waals surface area contributed by atoms with Crippen LogP contribution in [-0.4, -0.2) is 0 Å². The fourth-order valence-corrected chi connectivity index (χ4v) is 1.06. The van der Waals surface area contributed by atoms with E-state index in [1.54, 1.807) is 6.08 Å². The summed E-state index contributed by atoms with van der Waals surface area (Å²) >= 11 is 0. The predicted molar refractivity (Wildman–Crippen MR) is 48.3 cm³/mol. The van der Waals surface area contributed by atoms with E-state index in [2.05, 4.69) is 0 Å². The van der Waals surface area contributed by atoms with Crippen LogP contribution < -0.4 is 0 Å². The monoisotopic (exact) mass is 149 g/mol. The first-order valence-electron chi connectivity index (χ1n) is 6.28. The molecule has 0 heterocycles. The van der Waals surface area contributed by atoms with E-state index in [9.17, 15) is 0 Å². The van der Waals surface area contributed by atoms with Gasteiger partial charge in [0.1, 0.15) is 0 Å². The zero-order valence-electron chi connectivity index (χ0n) is 11.2. The maximum atomic E-state index is 7.71. The normalized spacial score (nSPS) is 22.2. The van der Waals surface area contributed by atoms with Crippen molar-refractivity contribution in [2.45, 2.75) is 19.3 Å². The van der Waals surface area contributed by atoms with Crippen molar-refractivity contribution >= 4 is 6.08 Å². The van der Waals surface area contributed by atoms with Gasteiger partial charge in [-0.15, -0.1) is 0 Å².